The van der Waals surface area contributed by atoms with Crippen molar-refractivity contribution in [3.05, 3.63) is 41.5 Å². The fraction of sp³-hybridized carbons (Fsp3) is 0.500. The lowest BCUT2D eigenvalue weighted by molar-refractivity contribution is -0.121. The van der Waals surface area contributed by atoms with Gasteiger partial charge in [0.1, 0.15) is 11.9 Å². The van der Waals surface area contributed by atoms with E-state index in [0.717, 1.165) is 12.2 Å². The Labute approximate surface area is 141 Å². The van der Waals surface area contributed by atoms with Crippen LogP contribution in [0.4, 0.5) is 0 Å². The standard InChI is InChI=1S/C18H23N3O3/c1-18(2,3)17-20-16(24-21-17)9-8-15(22)19-11-13-10-12-6-4-5-7-14(12)23-13/h4-7,13H,8-11H2,1-3H3,(H,19,22)/t13-/m1/s1. The third kappa shape index (κ3) is 3.93. The van der Waals surface area contributed by atoms with Crippen LogP contribution >= 0.6 is 0 Å². The molecule has 1 atom stereocenters. The summed E-state index contributed by atoms with van der Waals surface area (Å²) in [6, 6.07) is 7.97. The molecule has 3 rings (SSSR count). The molecule has 0 radical (unpaired) electrons. The largest absolute Gasteiger partial charge is 0.488 e. The summed E-state index contributed by atoms with van der Waals surface area (Å²) < 4.78 is 11.0. The number of ether oxygens (including phenoxy) is 1. The molecule has 128 valence electrons. The maximum Gasteiger partial charge on any atom is 0.227 e. The summed E-state index contributed by atoms with van der Waals surface area (Å²) in [5.74, 6) is 2.04. The number of nitrogens with zero attached hydrogens (tertiary/aromatic N) is 2. The van der Waals surface area contributed by atoms with Crippen LogP contribution in [0.15, 0.2) is 28.8 Å². The number of aryl methyl sites for hydroxylation is 1. The molecule has 2 aromatic rings. The van der Waals surface area contributed by atoms with E-state index in [9.17, 15) is 4.79 Å². The number of nitrogens with one attached hydrogen (secondary N) is 1. The van der Waals surface area contributed by atoms with Crippen molar-refractivity contribution in [1.29, 1.82) is 0 Å². The van der Waals surface area contributed by atoms with Crippen molar-refractivity contribution in [3.63, 3.8) is 0 Å². The highest BCUT2D eigenvalue weighted by atomic mass is 16.5. The molecule has 1 aromatic carbocycles. The minimum atomic E-state index is -0.154. The fourth-order valence-electron chi connectivity index (χ4n) is 2.57. The smallest absolute Gasteiger partial charge is 0.227 e. The number of amides is 1. The van der Waals surface area contributed by atoms with Gasteiger partial charge in [0.2, 0.25) is 11.8 Å². The first kappa shape index (κ1) is 16.5. The molecule has 0 spiro atoms. The number of para-hydroxylation sites is 1. The van der Waals surface area contributed by atoms with E-state index in [4.69, 9.17) is 9.26 Å². The van der Waals surface area contributed by atoms with E-state index >= 15 is 0 Å². The molecule has 1 N–H and O–H groups in total. The van der Waals surface area contributed by atoms with Crippen LogP contribution < -0.4 is 10.1 Å². The molecule has 1 aliphatic heterocycles. The van der Waals surface area contributed by atoms with Crippen molar-refractivity contribution >= 4 is 5.91 Å². The molecule has 0 saturated heterocycles. The average Bonchev–Trinajstić information content (AvgIpc) is 3.16. The molecule has 0 saturated carbocycles. The normalized spacial score (nSPS) is 16.5. The van der Waals surface area contributed by atoms with E-state index < -0.39 is 0 Å². The van der Waals surface area contributed by atoms with Gasteiger partial charge in [-0.15, -0.1) is 0 Å². The number of rotatable bonds is 5. The number of benzene rings is 1. The maximum absolute atomic E-state index is 12.0. The van der Waals surface area contributed by atoms with Gasteiger partial charge in [-0.2, -0.15) is 4.98 Å². The monoisotopic (exact) mass is 329 g/mol. The average molecular weight is 329 g/mol. The van der Waals surface area contributed by atoms with Crippen molar-refractivity contribution in [3.8, 4) is 5.75 Å². The van der Waals surface area contributed by atoms with Crippen LogP contribution in [0.2, 0.25) is 0 Å². The summed E-state index contributed by atoms with van der Waals surface area (Å²) in [6.07, 6.45) is 1.60. The Hall–Kier alpha value is -2.37. The van der Waals surface area contributed by atoms with Gasteiger partial charge in [-0.25, -0.2) is 0 Å². The predicted molar refractivity (Wildman–Crippen MR) is 88.9 cm³/mol. The SMILES string of the molecule is CC(C)(C)c1noc(CCC(=O)NC[C@H]2Cc3ccccc3O2)n1. The molecular formula is C18H23N3O3. The van der Waals surface area contributed by atoms with Crippen LogP contribution in [0, 0.1) is 0 Å². The van der Waals surface area contributed by atoms with Crippen LogP contribution in [-0.2, 0) is 23.1 Å². The van der Waals surface area contributed by atoms with Crippen molar-refractivity contribution in [2.24, 2.45) is 0 Å². The van der Waals surface area contributed by atoms with Gasteiger partial charge in [-0.05, 0) is 11.6 Å². The van der Waals surface area contributed by atoms with E-state index in [0.29, 0.717) is 31.1 Å². The number of carbonyl (C=O) groups is 1. The Bertz CT molecular complexity index is 693. The summed E-state index contributed by atoms with van der Waals surface area (Å²) in [4.78, 5) is 16.3. The predicted octanol–water partition coefficient (Wildman–Crippen LogP) is 2.42. The second-order valence-electron chi connectivity index (χ2n) is 7.12. The van der Waals surface area contributed by atoms with Gasteiger partial charge in [0.05, 0.1) is 6.54 Å². The summed E-state index contributed by atoms with van der Waals surface area (Å²) in [5, 5.41) is 6.87. The van der Waals surface area contributed by atoms with Gasteiger partial charge < -0.3 is 14.6 Å². The molecule has 6 heteroatoms. The van der Waals surface area contributed by atoms with Crippen LogP contribution in [0.5, 0.6) is 5.75 Å². The lowest BCUT2D eigenvalue weighted by Gasteiger charge is -2.11. The van der Waals surface area contributed by atoms with E-state index in [-0.39, 0.29) is 17.4 Å². The molecule has 2 heterocycles. The molecule has 1 aromatic heterocycles. The molecule has 0 bridgehead atoms. The zero-order chi connectivity index (χ0) is 17.2. The van der Waals surface area contributed by atoms with Crippen LogP contribution in [0.1, 0.15) is 44.5 Å². The van der Waals surface area contributed by atoms with Crippen molar-refractivity contribution in [2.45, 2.75) is 51.6 Å². The molecule has 0 fully saturated rings. The molecule has 6 nitrogen and oxygen atoms in total. The Morgan fingerprint density at radius 2 is 2.12 bits per heavy atom. The van der Waals surface area contributed by atoms with E-state index in [1.807, 2.05) is 39.0 Å². The molecule has 1 aliphatic rings. The van der Waals surface area contributed by atoms with Gasteiger partial charge >= 0.3 is 0 Å². The van der Waals surface area contributed by atoms with Gasteiger partial charge in [0, 0.05) is 24.7 Å². The minimum Gasteiger partial charge on any atom is -0.488 e. The van der Waals surface area contributed by atoms with Crippen molar-refractivity contribution in [1.82, 2.24) is 15.5 Å². The molecule has 0 aliphatic carbocycles. The van der Waals surface area contributed by atoms with Crippen molar-refractivity contribution < 1.29 is 14.1 Å². The number of aromatic nitrogens is 2. The van der Waals surface area contributed by atoms with E-state index in [1.165, 1.54) is 5.56 Å². The van der Waals surface area contributed by atoms with Crippen LogP contribution in [0.25, 0.3) is 0 Å². The fourth-order valence-corrected chi connectivity index (χ4v) is 2.57. The van der Waals surface area contributed by atoms with Gasteiger partial charge in [0.15, 0.2) is 5.82 Å². The highest BCUT2D eigenvalue weighted by Gasteiger charge is 2.23. The molecular weight excluding hydrogens is 306 g/mol. The number of hydrogen-bond donors (Lipinski definition) is 1. The highest BCUT2D eigenvalue weighted by molar-refractivity contribution is 5.76. The highest BCUT2D eigenvalue weighted by Crippen LogP contribution is 2.27. The quantitative estimate of drug-likeness (QED) is 0.911. The van der Waals surface area contributed by atoms with E-state index in [1.54, 1.807) is 0 Å². The Balaban J connectivity index is 1.42. The number of carbonyl (C=O) groups excluding carboxylic acids is 1. The molecule has 0 unspecified atom stereocenters. The van der Waals surface area contributed by atoms with Gasteiger partial charge in [-0.3, -0.25) is 4.79 Å². The topological polar surface area (TPSA) is 77.2 Å². The lowest BCUT2D eigenvalue weighted by Crippen LogP contribution is -2.34. The summed E-state index contributed by atoms with van der Waals surface area (Å²) >= 11 is 0. The first-order valence-corrected chi connectivity index (χ1v) is 8.26. The van der Waals surface area contributed by atoms with Gasteiger partial charge in [0.25, 0.3) is 0 Å². The van der Waals surface area contributed by atoms with Crippen LogP contribution in [0.3, 0.4) is 0 Å². The number of fused-ring (bicyclic) bond motifs is 1. The first-order chi connectivity index (χ1) is 11.4. The molecule has 1 amide bonds. The zero-order valence-electron chi connectivity index (χ0n) is 14.3. The second-order valence-corrected chi connectivity index (χ2v) is 7.12. The maximum atomic E-state index is 12.0. The van der Waals surface area contributed by atoms with Gasteiger partial charge in [-0.1, -0.05) is 44.1 Å². The summed E-state index contributed by atoms with van der Waals surface area (Å²) in [6.45, 7) is 6.57. The number of hydrogen-bond acceptors (Lipinski definition) is 5. The summed E-state index contributed by atoms with van der Waals surface area (Å²) in [7, 11) is 0. The second kappa shape index (κ2) is 6.63. The lowest BCUT2D eigenvalue weighted by atomic mass is 9.96. The first-order valence-electron chi connectivity index (χ1n) is 8.26. The summed E-state index contributed by atoms with van der Waals surface area (Å²) in [5.41, 5.74) is 1.04. The minimum absolute atomic E-state index is 0.00208. The van der Waals surface area contributed by atoms with Crippen molar-refractivity contribution in [2.75, 3.05) is 6.54 Å². The van der Waals surface area contributed by atoms with Crippen LogP contribution in [-0.4, -0.2) is 28.7 Å². The van der Waals surface area contributed by atoms with E-state index in [2.05, 4.69) is 21.5 Å². The Morgan fingerprint density at radius 3 is 2.83 bits per heavy atom. The zero-order valence-corrected chi connectivity index (χ0v) is 14.3. The Kier molecular flexibility index (Phi) is 4.55. The third-order valence-corrected chi connectivity index (χ3v) is 3.95. The molecule has 24 heavy (non-hydrogen) atoms. The Morgan fingerprint density at radius 1 is 1.33 bits per heavy atom. The third-order valence-electron chi connectivity index (χ3n) is 3.95.